The van der Waals surface area contributed by atoms with E-state index in [1.807, 2.05) is 12.1 Å². The first-order valence-electron chi connectivity index (χ1n) is 11.0. The molecule has 2 N–H and O–H groups in total. The number of hydrogen-bond acceptors (Lipinski definition) is 9. The van der Waals surface area contributed by atoms with E-state index in [4.69, 9.17) is 4.74 Å². The molecule has 192 valence electrons. The maximum atomic E-state index is 14.3. The second kappa shape index (κ2) is 11.1. The van der Waals surface area contributed by atoms with Crippen LogP contribution in [0.25, 0.3) is 0 Å². The van der Waals surface area contributed by atoms with Gasteiger partial charge in [0.1, 0.15) is 11.6 Å². The third-order valence-corrected chi connectivity index (χ3v) is 6.45. The SMILES string of the molecule is CO[C@@H](C(=O)Nc1nnc(N[C@H]2CC[C@@H](c3cccnn3)CC2)s1)c1cc(OC(F)(F)F)ccc1F. The van der Waals surface area contributed by atoms with Crippen LogP contribution in [-0.2, 0) is 9.53 Å². The van der Waals surface area contributed by atoms with Gasteiger partial charge in [-0.25, -0.2) is 4.39 Å². The number of amides is 1. The molecule has 0 aliphatic heterocycles. The van der Waals surface area contributed by atoms with Gasteiger partial charge in [-0.3, -0.25) is 10.1 Å². The summed E-state index contributed by atoms with van der Waals surface area (Å²) in [6.45, 7) is 0. The highest BCUT2D eigenvalue weighted by Gasteiger charge is 2.32. The smallest absolute Gasteiger partial charge is 0.406 e. The van der Waals surface area contributed by atoms with Crippen LogP contribution in [0.4, 0.5) is 27.8 Å². The second-order valence-electron chi connectivity index (χ2n) is 8.09. The van der Waals surface area contributed by atoms with Gasteiger partial charge in [0.25, 0.3) is 5.91 Å². The van der Waals surface area contributed by atoms with E-state index in [0.717, 1.165) is 68.0 Å². The van der Waals surface area contributed by atoms with E-state index in [2.05, 4.69) is 35.8 Å². The molecule has 2 aromatic heterocycles. The number of rotatable bonds is 8. The Kier molecular flexibility index (Phi) is 7.94. The molecule has 3 aromatic rings. The van der Waals surface area contributed by atoms with Crippen molar-refractivity contribution >= 4 is 27.5 Å². The first-order chi connectivity index (χ1) is 17.2. The normalized spacial score (nSPS) is 18.9. The van der Waals surface area contributed by atoms with Crippen LogP contribution in [0.1, 0.15) is 49.0 Å². The predicted octanol–water partition coefficient (Wildman–Crippen LogP) is 4.83. The van der Waals surface area contributed by atoms with Crippen LogP contribution in [0.5, 0.6) is 5.75 Å². The van der Waals surface area contributed by atoms with Gasteiger partial charge >= 0.3 is 6.36 Å². The zero-order valence-electron chi connectivity index (χ0n) is 19.0. The lowest BCUT2D eigenvalue weighted by atomic mass is 9.84. The number of benzene rings is 1. The Morgan fingerprint density at radius 1 is 1.11 bits per heavy atom. The molecule has 0 saturated heterocycles. The average Bonchev–Trinajstić information content (AvgIpc) is 3.28. The maximum Gasteiger partial charge on any atom is 0.573 e. The highest BCUT2D eigenvalue weighted by Crippen LogP contribution is 2.34. The van der Waals surface area contributed by atoms with E-state index in [1.54, 1.807) is 6.20 Å². The first-order valence-corrected chi connectivity index (χ1v) is 11.8. The number of methoxy groups -OCH3 is 1. The third kappa shape index (κ3) is 6.63. The minimum Gasteiger partial charge on any atom is -0.406 e. The second-order valence-corrected chi connectivity index (χ2v) is 9.07. The van der Waals surface area contributed by atoms with Crippen LogP contribution < -0.4 is 15.4 Å². The summed E-state index contributed by atoms with van der Waals surface area (Å²) in [5.74, 6) is -2.08. The molecule has 1 aliphatic rings. The van der Waals surface area contributed by atoms with Crippen LogP contribution in [0, 0.1) is 5.82 Å². The van der Waals surface area contributed by atoms with Gasteiger partial charge in [-0.1, -0.05) is 11.3 Å². The summed E-state index contributed by atoms with van der Waals surface area (Å²) in [5.41, 5.74) is 0.566. The fraction of sp³-hybridized carbons (Fsp3) is 0.409. The molecule has 36 heavy (non-hydrogen) atoms. The zero-order valence-corrected chi connectivity index (χ0v) is 19.8. The van der Waals surface area contributed by atoms with Gasteiger partial charge in [0.2, 0.25) is 10.3 Å². The molecule has 1 fully saturated rings. The summed E-state index contributed by atoms with van der Waals surface area (Å²) in [7, 11) is 1.13. The van der Waals surface area contributed by atoms with Gasteiger partial charge in [0.15, 0.2) is 6.10 Å². The van der Waals surface area contributed by atoms with Crippen LogP contribution in [0.3, 0.4) is 0 Å². The van der Waals surface area contributed by atoms with E-state index in [-0.39, 0.29) is 11.2 Å². The van der Waals surface area contributed by atoms with Crippen molar-refractivity contribution < 1.29 is 31.8 Å². The summed E-state index contributed by atoms with van der Waals surface area (Å²) in [6.07, 6.45) is -1.20. The number of nitrogens with one attached hydrogen (secondary N) is 2. The third-order valence-electron chi connectivity index (χ3n) is 5.68. The molecule has 0 spiro atoms. The fourth-order valence-electron chi connectivity index (χ4n) is 4.04. The van der Waals surface area contributed by atoms with Crippen molar-refractivity contribution in [2.45, 2.75) is 50.1 Å². The monoisotopic (exact) mass is 526 g/mol. The van der Waals surface area contributed by atoms with Gasteiger partial charge < -0.3 is 14.8 Å². The first kappa shape index (κ1) is 25.7. The largest absolute Gasteiger partial charge is 0.573 e. The molecule has 0 unspecified atom stereocenters. The molecule has 14 heteroatoms. The van der Waals surface area contributed by atoms with Crippen molar-refractivity contribution in [3.8, 4) is 5.75 Å². The number of nitrogens with zero attached hydrogens (tertiary/aromatic N) is 4. The van der Waals surface area contributed by atoms with E-state index >= 15 is 0 Å². The highest BCUT2D eigenvalue weighted by atomic mass is 32.1. The minimum absolute atomic E-state index is 0.126. The molecular weight excluding hydrogens is 504 g/mol. The van der Waals surface area contributed by atoms with Crippen molar-refractivity contribution in [3.05, 3.63) is 53.6 Å². The Labute approximate surface area is 207 Å². The van der Waals surface area contributed by atoms with Crippen molar-refractivity contribution in [3.63, 3.8) is 0 Å². The zero-order chi connectivity index (χ0) is 25.7. The Bertz CT molecular complexity index is 1170. The van der Waals surface area contributed by atoms with E-state index in [1.165, 1.54) is 0 Å². The lowest BCUT2D eigenvalue weighted by Crippen LogP contribution is -2.25. The molecule has 1 aromatic carbocycles. The van der Waals surface area contributed by atoms with Gasteiger partial charge in [0.05, 0.1) is 5.69 Å². The van der Waals surface area contributed by atoms with Gasteiger partial charge in [-0.2, -0.15) is 10.2 Å². The molecule has 9 nitrogen and oxygen atoms in total. The molecule has 1 saturated carbocycles. The van der Waals surface area contributed by atoms with Crippen LogP contribution in [-0.4, -0.2) is 45.8 Å². The van der Waals surface area contributed by atoms with Crippen molar-refractivity contribution in [2.24, 2.45) is 0 Å². The quantitative estimate of drug-likeness (QED) is 0.402. The number of aromatic nitrogens is 4. The highest BCUT2D eigenvalue weighted by molar-refractivity contribution is 7.19. The Hall–Kier alpha value is -3.39. The molecule has 0 bridgehead atoms. The molecular formula is C22H22F4N6O3S. The standard InChI is InChI=1S/C22H22F4N6O3S/c1-34-18(15-11-14(8-9-16(15)23)35-22(24,25)26)19(33)29-21-32-31-20(36-21)28-13-6-4-12(5-7-13)17-3-2-10-27-30-17/h2-3,8-13,18H,4-7H2,1H3,(H,28,31)(H,29,32,33)/t12-,13+,18-/m1/s1. The summed E-state index contributed by atoms with van der Waals surface area (Å²) < 4.78 is 60.7. The molecule has 4 rings (SSSR count). The summed E-state index contributed by atoms with van der Waals surface area (Å²) in [6, 6.07) is 6.36. The molecule has 1 amide bonds. The summed E-state index contributed by atoms with van der Waals surface area (Å²) in [5, 5.41) is 22.5. The fourth-order valence-corrected chi connectivity index (χ4v) is 4.76. The van der Waals surface area contributed by atoms with Crippen LogP contribution >= 0.6 is 11.3 Å². The maximum absolute atomic E-state index is 14.3. The van der Waals surface area contributed by atoms with Crippen molar-refractivity contribution in [2.75, 3.05) is 17.7 Å². The van der Waals surface area contributed by atoms with Crippen molar-refractivity contribution in [1.82, 2.24) is 20.4 Å². The minimum atomic E-state index is -4.97. The van der Waals surface area contributed by atoms with Crippen LogP contribution in [0.2, 0.25) is 0 Å². The van der Waals surface area contributed by atoms with E-state index in [9.17, 15) is 22.4 Å². The van der Waals surface area contributed by atoms with Gasteiger partial charge in [-0.15, -0.1) is 23.4 Å². The number of ether oxygens (including phenoxy) is 2. The number of halogens is 4. The Balaban J connectivity index is 1.35. The van der Waals surface area contributed by atoms with Crippen molar-refractivity contribution in [1.29, 1.82) is 0 Å². The lowest BCUT2D eigenvalue weighted by molar-refractivity contribution is -0.274. The number of carbonyl (C=O) groups is 1. The molecule has 1 aliphatic carbocycles. The van der Waals surface area contributed by atoms with Gasteiger partial charge in [0, 0.05) is 30.8 Å². The van der Waals surface area contributed by atoms with E-state index in [0.29, 0.717) is 11.0 Å². The van der Waals surface area contributed by atoms with Gasteiger partial charge in [-0.05, 0) is 56.0 Å². The number of anilines is 2. The topological polar surface area (TPSA) is 111 Å². The summed E-state index contributed by atoms with van der Waals surface area (Å²) >= 11 is 1.08. The summed E-state index contributed by atoms with van der Waals surface area (Å²) in [4.78, 5) is 12.7. The molecule has 1 atom stereocenters. The Morgan fingerprint density at radius 2 is 1.86 bits per heavy atom. The molecule has 0 radical (unpaired) electrons. The van der Waals surface area contributed by atoms with E-state index < -0.39 is 35.5 Å². The molecule has 2 heterocycles. The Morgan fingerprint density at radius 3 is 2.53 bits per heavy atom. The number of alkyl halides is 3. The number of hydrogen-bond donors (Lipinski definition) is 2. The number of carbonyl (C=O) groups excluding carboxylic acids is 1. The van der Waals surface area contributed by atoms with Crippen LogP contribution in [0.15, 0.2) is 36.5 Å². The average molecular weight is 527 g/mol. The predicted molar refractivity (Wildman–Crippen MR) is 122 cm³/mol. The lowest BCUT2D eigenvalue weighted by Gasteiger charge is -2.28.